The molecule has 0 N–H and O–H groups in total. The second-order valence-electron chi connectivity index (χ2n) is 17.0. The molecule has 9 atom stereocenters. The minimum absolute atomic E-state index is 0.0402. The summed E-state index contributed by atoms with van der Waals surface area (Å²) < 4.78 is 17.9. The topological polar surface area (TPSA) is 146 Å². The molecule has 4 fully saturated rings. The normalized spacial score (nSPS) is 29.2. The van der Waals surface area contributed by atoms with Crippen LogP contribution in [-0.2, 0) is 28.8 Å². The number of amides is 4. The fourth-order valence-electron chi connectivity index (χ4n) is 10.7. The molecule has 2 heterocycles. The van der Waals surface area contributed by atoms with E-state index in [4.69, 9.17) is 19.0 Å². The van der Waals surface area contributed by atoms with Crippen molar-refractivity contribution in [1.82, 2.24) is 9.96 Å². The molecule has 0 radical (unpaired) electrons. The number of Topliss-reactive ketones (excluding diaryl/α,β-unsaturated/α-hetero) is 1. The number of hydrogen-bond acceptors (Lipinski definition) is 10. The van der Waals surface area contributed by atoms with Crippen molar-refractivity contribution in [3.63, 3.8) is 0 Å². The first-order valence-electron chi connectivity index (χ1n) is 21.1. The van der Waals surface area contributed by atoms with E-state index in [-0.39, 0.29) is 101 Å². The van der Waals surface area contributed by atoms with Crippen LogP contribution in [0.4, 0.5) is 0 Å². The van der Waals surface area contributed by atoms with Gasteiger partial charge in [0.05, 0.1) is 33.2 Å². The molecule has 2 saturated heterocycles. The Morgan fingerprint density at radius 1 is 0.733 bits per heavy atom. The van der Waals surface area contributed by atoms with Crippen molar-refractivity contribution in [2.24, 2.45) is 41.4 Å². The number of hydroxylamine groups is 2. The van der Waals surface area contributed by atoms with Gasteiger partial charge in [-0.3, -0.25) is 24.1 Å². The first kappa shape index (κ1) is 41.0. The summed E-state index contributed by atoms with van der Waals surface area (Å²) in [4.78, 5) is 85.1. The first-order chi connectivity index (χ1) is 29.0. The standard InChI is InChI=1S/C48H52N2O10/c1-27(51)10-8-9-13-30-22-29(23-35(30)26-49-46(54)40-33-18-19-34(25-33)41(40)47(49)55)15-17-31-24-32(16-14-28-11-6-5-7-12-28)39-38(31)43(57-2)42(45(59-4)44(39)58-3)48(56)60-50-36(52)20-21-37(50)53/h5-7,9,11-19,29-35,40-41H,8,10,20-26H2,1-4H3/b13-9+,16-14-,17-15-/t29?,30?,31?,32?,33?,34?,35-,40?,41?/m1/s1. The van der Waals surface area contributed by atoms with Gasteiger partial charge in [0, 0.05) is 48.8 Å². The Balaban J connectivity index is 1.12. The highest BCUT2D eigenvalue weighted by Crippen LogP contribution is 2.58. The van der Waals surface area contributed by atoms with Crippen LogP contribution in [0.15, 0.2) is 72.9 Å². The van der Waals surface area contributed by atoms with E-state index < -0.39 is 17.8 Å². The van der Waals surface area contributed by atoms with Crippen molar-refractivity contribution in [2.75, 3.05) is 27.9 Å². The minimum atomic E-state index is -0.989. The van der Waals surface area contributed by atoms with Crippen LogP contribution in [0.25, 0.3) is 6.08 Å². The Morgan fingerprint density at radius 2 is 1.37 bits per heavy atom. The van der Waals surface area contributed by atoms with Crippen LogP contribution in [0.2, 0.25) is 0 Å². The second kappa shape index (κ2) is 17.1. The number of fused-ring (bicyclic) bond motifs is 6. The van der Waals surface area contributed by atoms with Crippen LogP contribution in [0.1, 0.15) is 97.2 Å². The molecule has 2 saturated carbocycles. The zero-order chi connectivity index (χ0) is 42.2. The third-order valence-electron chi connectivity index (χ3n) is 13.4. The van der Waals surface area contributed by atoms with Crippen LogP contribution in [-0.4, -0.2) is 73.2 Å². The zero-order valence-corrected chi connectivity index (χ0v) is 34.5. The first-order valence-corrected chi connectivity index (χ1v) is 21.1. The lowest BCUT2D eigenvalue weighted by Gasteiger charge is -2.24. The SMILES string of the molecule is COc1c(OC)c2c(c(OC)c1C(=O)ON1C(=O)CCC1=O)C(/C=C\C1CC(/C=C/CCC(C)=O)[C@@H](CN3C(=O)C4C5C=CC(C5)C4C3=O)C1)CC2/C=C\c1ccccc1. The Labute approximate surface area is 350 Å². The van der Waals surface area contributed by atoms with Crippen LogP contribution in [0.5, 0.6) is 17.2 Å². The van der Waals surface area contributed by atoms with Crippen LogP contribution >= 0.6 is 0 Å². The van der Waals surface area contributed by atoms with Gasteiger partial charge in [-0.05, 0) is 74.2 Å². The van der Waals surface area contributed by atoms with Gasteiger partial charge in [0.15, 0.2) is 11.5 Å². The van der Waals surface area contributed by atoms with Crippen molar-refractivity contribution in [1.29, 1.82) is 0 Å². The van der Waals surface area contributed by atoms with Gasteiger partial charge in [0.1, 0.15) is 17.1 Å². The molecule has 4 aliphatic carbocycles. The number of carbonyl (C=O) groups excluding carboxylic acids is 6. The molecule has 0 spiro atoms. The fraction of sp³-hybridized carbons (Fsp3) is 0.458. The summed E-state index contributed by atoms with van der Waals surface area (Å²) in [6.07, 6.45) is 21.0. The monoisotopic (exact) mass is 816 g/mol. The van der Waals surface area contributed by atoms with Gasteiger partial charge >= 0.3 is 5.97 Å². The zero-order valence-electron chi connectivity index (χ0n) is 34.5. The molecule has 2 bridgehead atoms. The number of allylic oxidation sites excluding steroid dienone is 7. The van der Waals surface area contributed by atoms with Crippen molar-refractivity contribution in [3.8, 4) is 17.2 Å². The number of ether oxygens (including phenoxy) is 3. The quantitative estimate of drug-likeness (QED) is 0.134. The molecule has 2 aromatic carbocycles. The van der Waals surface area contributed by atoms with E-state index in [1.165, 1.54) is 21.3 Å². The number of hydrogen-bond donors (Lipinski definition) is 0. The van der Waals surface area contributed by atoms with Gasteiger partial charge in [-0.1, -0.05) is 78.9 Å². The number of nitrogens with zero attached hydrogens (tertiary/aromatic N) is 2. The minimum Gasteiger partial charge on any atom is -0.495 e. The third-order valence-corrected chi connectivity index (χ3v) is 13.4. The molecule has 6 aliphatic rings. The number of rotatable bonds is 15. The summed E-state index contributed by atoms with van der Waals surface area (Å²) in [6, 6.07) is 9.92. The van der Waals surface area contributed by atoms with Gasteiger partial charge < -0.3 is 23.8 Å². The number of methoxy groups -OCH3 is 3. The van der Waals surface area contributed by atoms with Crippen LogP contribution in [0, 0.1) is 41.4 Å². The molecule has 2 aromatic rings. The van der Waals surface area contributed by atoms with Gasteiger partial charge in [-0.2, -0.15) is 0 Å². The highest BCUT2D eigenvalue weighted by Gasteiger charge is 2.59. The summed E-state index contributed by atoms with van der Waals surface area (Å²) in [7, 11) is 4.37. The summed E-state index contributed by atoms with van der Waals surface area (Å²) >= 11 is 0. The maximum Gasteiger partial charge on any atom is 0.371 e. The lowest BCUT2D eigenvalue weighted by Crippen LogP contribution is -2.37. The Bertz CT molecular complexity index is 2160. The van der Waals surface area contributed by atoms with E-state index in [0.29, 0.717) is 42.2 Å². The van der Waals surface area contributed by atoms with Crippen molar-refractivity contribution in [3.05, 3.63) is 95.1 Å². The molecule has 8 unspecified atom stereocenters. The molecular formula is C48H52N2O10. The lowest BCUT2D eigenvalue weighted by atomic mass is 9.85. The van der Waals surface area contributed by atoms with Gasteiger partial charge in [0.25, 0.3) is 11.8 Å². The largest absolute Gasteiger partial charge is 0.495 e. The molecular weight excluding hydrogens is 765 g/mol. The number of benzene rings is 2. The molecule has 2 aliphatic heterocycles. The van der Waals surface area contributed by atoms with Gasteiger partial charge in [-0.15, -0.1) is 5.06 Å². The summed E-state index contributed by atoms with van der Waals surface area (Å²) in [5.74, 6) is -2.00. The molecule has 0 aromatic heterocycles. The Kier molecular flexibility index (Phi) is 11.7. The van der Waals surface area contributed by atoms with E-state index in [9.17, 15) is 28.8 Å². The summed E-state index contributed by atoms with van der Waals surface area (Å²) in [6.45, 7) is 1.95. The van der Waals surface area contributed by atoms with Crippen LogP contribution in [0.3, 0.4) is 0 Å². The number of carbonyl (C=O) groups is 6. The van der Waals surface area contributed by atoms with E-state index in [1.54, 1.807) is 11.8 Å². The predicted octanol–water partition coefficient (Wildman–Crippen LogP) is 7.15. The highest BCUT2D eigenvalue weighted by molar-refractivity contribution is 6.06. The molecule has 314 valence electrons. The molecule has 12 heteroatoms. The maximum absolute atomic E-state index is 14.0. The molecule has 12 nitrogen and oxygen atoms in total. The number of ketones is 1. The van der Waals surface area contributed by atoms with Crippen molar-refractivity contribution < 1.29 is 47.8 Å². The molecule has 8 rings (SSSR count). The van der Waals surface area contributed by atoms with Crippen molar-refractivity contribution in [2.45, 2.75) is 70.1 Å². The van der Waals surface area contributed by atoms with Gasteiger partial charge in [-0.25, -0.2) is 4.79 Å². The molecule has 4 amide bonds. The molecule has 60 heavy (non-hydrogen) atoms. The Hall–Kier alpha value is -5.78. The average Bonchev–Trinajstić information content (AvgIpc) is 4.11. The van der Waals surface area contributed by atoms with Crippen molar-refractivity contribution >= 4 is 41.5 Å². The number of imide groups is 2. The lowest BCUT2D eigenvalue weighted by molar-refractivity contribution is -0.172. The van der Waals surface area contributed by atoms with Crippen LogP contribution < -0.4 is 14.2 Å². The van der Waals surface area contributed by atoms with E-state index >= 15 is 0 Å². The second-order valence-corrected chi connectivity index (χ2v) is 17.0. The van der Waals surface area contributed by atoms with E-state index in [2.05, 4.69) is 42.5 Å². The summed E-state index contributed by atoms with van der Waals surface area (Å²) in [5, 5.41) is 0.502. The fourth-order valence-corrected chi connectivity index (χ4v) is 10.7. The Morgan fingerprint density at radius 3 is 2.00 bits per heavy atom. The highest BCUT2D eigenvalue weighted by atomic mass is 16.7. The maximum atomic E-state index is 14.0. The van der Waals surface area contributed by atoms with E-state index in [1.807, 2.05) is 36.4 Å². The summed E-state index contributed by atoms with van der Waals surface area (Å²) in [5.41, 5.74) is 2.41. The van der Waals surface area contributed by atoms with Gasteiger partial charge in [0.2, 0.25) is 11.8 Å². The van der Waals surface area contributed by atoms with E-state index in [0.717, 1.165) is 30.4 Å². The smallest absolute Gasteiger partial charge is 0.371 e. The number of likely N-dealkylation sites (tertiary alicyclic amines) is 1. The average molecular weight is 817 g/mol. The third kappa shape index (κ3) is 7.49. The predicted molar refractivity (Wildman–Crippen MR) is 221 cm³/mol.